The first-order valence-electron chi connectivity index (χ1n) is 4.51. The third-order valence-electron chi connectivity index (χ3n) is 1.75. The second-order valence-electron chi connectivity index (χ2n) is 3.11. The van der Waals surface area contributed by atoms with Crippen LogP contribution in [-0.4, -0.2) is 15.0 Å². The number of aromatic amines is 1. The molecule has 4 nitrogen and oxygen atoms in total. The van der Waals surface area contributed by atoms with E-state index in [9.17, 15) is 4.79 Å². The molecule has 16 heavy (non-hydrogen) atoms. The number of pyridine rings is 1. The molecule has 1 N–H and O–H groups in total. The fraction of sp³-hybridized carbons (Fsp3) is 0.100. The summed E-state index contributed by atoms with van der Waals surface area (Å²) in [5.74, 6) is 0. The van der Waals surface area contributed by atoms with Gasteiger partial charge < -0.3 is 4.98 Å². The molecule has 2 heterocycles. The molecule has 0 aliphatic heterocycles. The van der Waals surface area contributed by atoms with Crippen molar-refractivity contribution in [2.75, 3.05) is 0 Å². The summed E-state index contributed by atoms with van der Waals surface area (Å²) in [7, 11) is 0. The van der Waals surface area contributed by atoms with Crippen LogP contribution in [0.15, 0.2) is 43.8 Å². The van der Waals surface area contributed by atoms with Gasteiger partial charge in [-0.1, -0.05) is 0 Å². The highest BCUT2D eigenvalue weighted by molar-refractivity contribution is 9.10. The van der Waals surface area contributed by atoms with Crippen molar-refractivity contribution in [1.29, 1.82) is 0 Å². The molecule has 0 unspecified atom stereocenters. The Hall–Kier alpha value is -1.14. The summed E-state index contributed by atoms with van der Waals surface area (Å²) in [5.41, 5.74) is 0.551. The monoisotopic (exact) mass is 297 g/mol. The molecular weight excluding hydrogens is 290 g/mol. The maximum atomic E-state index is 11.2. The number of H-pyrrole nitrogens is 1. The van der Waals surface area contributed by atoms with Crippen LogP contribution in [0.1, 0.15) is 5.69 Å². The molecule has 2 aromatic rings. The molecule has 82 valence electrons. The van der Waals surface area contributed by atoms with Crippen LogP contribution >= 0.6 is 27.7 Å². The Balaban J connectivity index is 2.26. The van der Waals surface area contributed by atoms with E-state index in [0.717, 1.165) is 9.50 Å². The van der Waals surface area contributed by atoms with Gasteiger partial charge in [0.15, 0.2) is 5.16 Å². The number of aryl methyl sites for hydroxylation is 1. The van der Waals surface area contributed by atoms with E-state index >= 15 is 0 Å². The van der Waals surface area contributed by atoms with E-state index in [4.69, 9.17) is 0 Å². The SMILES string of the molecule is Cc1cc(=O)[nH]c(Sc2ccc(Br)cn2)n1. The van der Waals surface area contributed by atoms with E-state index in [1.54, 1.807) is 13.1 Å². The number of hydrogen-bond acceptors (Lipinski definition) is 4. The third-order valence-corrected chi connectivity index (χ3v) is 3.06. The topological polar surface area (TPSA) is 58.6 Å². The van der Waals surface area contributed by atoms with Gasteiger partial charge in [0.05, 0.1) is 0 Å². The molecular formula is C10H8BrN3OS. The number of rotatable bonds is 2. The van der Waals surface area contributed by atoms with Crippen molar-refractivity contribution in [3.63, 3.8) is 0 Å². The van der Waals surface area contributed by atoms with Crippen molar-refractivity contribution >= 4 is 27.7 Å². The smallest absolute Gasteiger partial charge is 0.251 e. The normalized spacial score (nSPS) is 10.4. The van der Waals surface area contributed by atoms with Gasteiger partial charge in [-0.15, -0.1) is 0 Å². The van der Waals surface area contributed by atoms with Gasteiger partial charge in [0.1, 0.15) is 5.03 Å². The molecule has 2 aromatic heterocycles. The summed E-state index contributed by atoms with van der Waals surface area (Å²) in [6.07, 6.45) is 1.70. The molecule has 0 fully saturated rings. The highest BCUT2D eigenvalue weighted by Crippen LogP contribution is 2.22. The van der Waals surface area contributed by atoms with E-state index in [0.29, 0.717) is 10.9 Å². The number of halogens is 1. The summed E-state index contributed by atoms with van der Waals surface area (Å²) in [4.78, 5) is 22.3. The Morgan fingerprint density at radius 1 is 1.44 bits per heavy atom. The molecule has 6 heteroatoms. The van der Waals surface area contributed by atoms with Crippen LogP contribution in [0.4, 0.5) is 0 Å². The summed E-state index contributed by atoms with van der Waals surface area (Å²) < 4.78 is 0.919. The molecule has 0 saturated heterocycles. The first-order valence-corrected chi connectivity index (χ1v) is 6.12. The molecule has 0 radical (unpaired) electrons. The average Bonchev–Trinajstić information content (AvgIpc) is 2.20. The maximum absolute atomic E-state index is 11.2. The summed E-state index contributed by atoms with van der Waals surface area (Å²) in [6, 6.07) is 5.21. The Kier molecular flexibility index (Phi) is 3.40. The van der Waals surface area contributed by atoms with Crippen molar-refractivity contribution in [2.24, 2.45) is 0 Å². The second kappa shape index (κ2) is 4.80. The minimum Gasteiger partial charge on any atom is -0.301 e. The van der Waals surface area contributed by atoms with Gasteiger partial charge in [-0.2, -0.15) is 0 Å². The van der Waals surface area contributed by atoms with Crippen LogP contribution in [-0.2, 0) is 0 Å². The summed E-state index contributed by atoms with van der Waals surface area (Å²) >= 11 is 4.63. The highest BCUT2D eigenvalue weighted by Gasteiger charge is 2.02. The van der Waals surface area contributed by atoms with Gasteiger partial charge >= 0.3 is 0 Å². The Morgan fingerprint density at radius 2 is 2.25 bits per heavy atom. The number of hydrogen-bond donors (Lipinski definition) is 1. The van der Waals surface area contributed by atoms with Crippen LogP contribution in [0.5, 0.6) is 0 Å². The van der Waals surface area contributed by atoms with E-state index in [2.05, 4.69) is 30.9 Å². The lowest BCUT2D eigenvalue weighted by Crippen LogP contribution is -2.07. The molecule has 0 aliphatic carbocycles. The van der Waals surface area contributed by atoms with Crippen LogP contribution in [0.2, 0.25) is 0 Å². The lowest BCUT2D eigenvalue weighted by molar-refractivity contribution is 0.901. The summed E-state index contributed by atoms with van der Waals surface area (Å²) in [5, 5.41) is 1.34. The van der Waals surface area contributed by atoms with Gasteiger partial charge in [-0.25, -0.2) is 9.97 Å². The van der Waals surface area contributed by atoms with Crippen LogP contribution in [0.3, 0.4) is 0 Å². The number of nitrogens with zero attached hydrogens (tertiary/aromatic N) is 2. The summed E-state index contributed by atoms with van der Waals surface area (Å²) in [6.45, 7) is 1.79. The fourth-order valence-electron chi connectivity index (χ4n) is 1.12. The largest absolute Gasteiger partial charge is 0.301 e. The Morgan fingerprint density at radius 3 is 2.88 bits per heavy atom. The van der Waals surface area contributed by atoms with Crippen LogP contribution in [0, 0.1) is 6.92 Å². The third kappa shape index (κ3) is 2.93. The van der Waals surface area contributed by atoms with E-state index < -0.39 is 0 Å². The molecule has 0 saturated carbocycles. The van der Waals surface area contributed by atoms with Gasteiger partial charge in [-0.05, 0) is 46.7 Å². The first kappa shape index (κ1) is 11.3. The Labute approximate surface area is 105 Å². The first-order chi connectivity index (χ1) is 7.63. The van der Waals surface area contributed by atoms with Crippen molar-refractivity contribution in [2.45, 2.75) is 17.1 Å². The molecule has 0 aliphatic rings. The number of aromatic nitrogens is 3. The van der Waals surface area contributed by atoms with Gasteiger partial charge in [0.2, 0.25) is 0 Å². The standard InChI is InChI=1S/C10H8BrN3OS/c1-6-4-8(15)14-10(13-6)16-9-3-2-7(11)5-12-9/h2-5H,1H3,(H,13,14,15). The van der Waals surface area contributed by atoms with Crippen molar-refractivity contribution in [3.05, 3.63) is 44.9 Å². The predicted molar refractivity (Wildman–Crippen MR) is 65.7 cm³/mol. The molecule has 0 spiro atoms. The minimum atomic E-state index is -0.146. The lowest BCUT2D eigenvalue weighted by atomic mass is 10.5. The second-order valence-corrected chi connectivity index (χ2v) is 5.03. The fourth-order valence-corrected chi connectivity index (χ4v) is 2.14. The molecule has 0 atom stereocenters. The molecule has 0 amide bonds. The van der Waals surface area contributed by atoms with E-state index in [1.807, 2.05) is 12.1 Å². The molecule has 0 bridgehead atoms. The average molecular weight is 298 g/mol. The van der Waals surface area contributed by atoms with E-state index in [-0.39, 0.29) is 5.56 Å². The van der Waals surface area contributed by atoms with Crippen molar-refractivity contribution < 1.29 is 0 Å². The predicted octanol–water partition coefficient (Wildman–Crippen LogP) is 2.39. The van der Waals surface area contributed by atoms with Crippen molar-refractivity contribution in [1.82, 2.24) is 15.0 Å². The van der Waals surface area contributed by atoms with Gasteiger partial charge in [0.25, 0.3) is 5.56 Å². The van der Waals surface area contributed by atoms with Gasteiger partial charge in [0, 0.05) is 22.4 Å². The van der Waals surface area contributed by atoms with Crippen molar-refractivity contribution in [3.8, 4) is 0 Å². The van der Waals surface area contributed by atoms with Gasteiger partial charge in [-0.3, -0.25) is 4.79 Å². The minimum absolute atomic E-state index is 0.146. The van der Waals surface area contributed by atoms with Crippen LogP contribution in [0.25, 0.3) is 0 Å². The van der Waals surface area contributed by atoms with Crippen LogP contribution < -0.4 is 5.56 Å². The highest BCUT2D eigenvalue weighted by atomic mass is 79.9. The zero-order chi connectivity index (χ0) is 11.5. The molecule has 2 rings (SSSR count). The number of nitrogens with one attached hydrogen (secondary N) is 1. The maximum Gasteiger partial charge on any atom is 0.251 e. The Bertz CT molecular complexity index is 553. The lowest BCUT2D eigenvalue weighted by Gasteiger charge is -2.00. The zero-order valence-electron chi connectivity index (χ0n) is 8.40. The molecule has 0 aromatic carbocycles. The van der Waals surface area contributed by atoms with E-state index in [1.165, 1.54) is 17.8 Å². The zero-order valence-corrected chi connectivity index (χ0v) is 10.8. The quantitative estimate of drug-likeness (QED) is 0.865.